The Kier molecular flexibility index (Phi) is 5.16. The largest absolute Gasteiger partial charge is 0.347 e. The average Bonchev–Trinajstić information content (AvgIpc) is 3.23. The van der Waals surface area contributed by atoms with Crippen LogP contribution in [0.1, 0.15) is 38.2 Å². The first-order valence-corrected chi connectivity index (χ1v) is 8.61. The minimum Gasteiger partial charge on any atom is -0.347 e. The molecule has 1 saturated carbocycles. The van der Waals surface area contributed by atoms with Gasteiger partial charge in [-0.2, -0.15) is 0 Å². The molecule has 2 fully saturated rings. The second-order valence-electron chi connectivity index (χ2n) is 6.34. The zero-order valence-electron chi connectivity index (χ0n) is 14.0. The summed E-state index contributed by atoms with van der Waals surface area (Å²) in [7, 11) is 0. The summed E-state index contributed by atoms with van der Waals surface area (Å²) in [5.41, 5.74) is 1.67. The van der Waals surface area contributed by atoms with E-state index < -0.39 is 17.6 Å². The number of amides is 2. The van der Waals surface area contributed by atoms with Gasteiger partial charge in [0.25, 0.3) is 0 Å². The number of anilines is 1. The third-order valence-electron chi connectivity index (χ3n) is 4.62. The molecule has 1 aromatic carbocycles. The highest BCUT2D eigenvalue weighted by molar-refractivity contribution is 6.39. The molecule has 130 valence electrons. The Bertz CT molecular complexity index is 611. The molecule has 2 N–H and O–H groups in total. The molecule has 2 amide bonds. The van der Waals surface area contributed by atoms with Crippen LogP contribution in [0.15, 0.2) is 24.3 Å². The Morgan fingerprint density at radius 3 is 2.71 bits per heavy atom. The Morgan fingerprint density at radius 2 is 1.96 bits per heavy atom. The third-order valence-corrected chi connectivity index (χ3v) is 4.62. The lowest BCUT2D eigenvalue weighted by molar-refractivity contribution is -0.161. The van der Waals surface area contributed by atoms with Crippen LogP contribution in [-0.2, 0) is 25.5 Å². The van der Waals surface area contributed by atoms with Gasteiger partial charge < -0.3 is 20.1 Å². The summed E-state index contributed by atoms with van der Waals surface area (Å²) in [6, 6.07) is 7.46. The van der Waals surface area contributed by atoms with Gasteiger partial charge in [-0.25, -0.2) is 0 Å². The molecule has 1 saturated heterocycles. The van der Waals surface area contributed by atoms with Crippen LogP contribution in [0, 0.1) is 0 Å². The van der Waals surface area contributed by atoms with Crippen LogP contribution in [0.3, 0.4) is 0 Å². The Hall–Kier alpha value is -1.92. The highest BCUT2D eigenvalue weighted by atomic mass is 16.7. The fourth-order valence-corrected chi connectivity index (χ4v) is 3.31. The minimum absolute atomic E-state index is 0.192. The normalized spacial score (nSPS) is 21.8. The van der Waals surface area contributed by atoms with Crippen LogP contribution < -0.4 is 10.6 Å². The SMILES string of the molecule is CCc1ccccc1NC(=O)C(=O)NC[C@@H]1COC2(CCCC2)O1. The van der Waals surface area contributed by atoms with Gasteiger partial charge in [0.15, 0.2) is 5.79 Å². The third kappa shape index (κ3) is 3.76. The molecule has 6 heteroatoms. The monoisotopic (exact) mass is 332 g/mol. The second-order valence-corrected chi connectivity index (χ2v) is 6.34. The summed E-state index contributed by atoms with van der Waals surface area (Å²) < 4.78 is 11.7. The van der Waals surface area contributed by atoms with Gasteiger partial charge in [0.2, 0.25) is 0 Å². The van der Waals surface area contributed by atoms with Crippen molar-refractivity contribution in [3.05, 3.63) is 29.8 Å². The van der Waals surface area contributed by atoms with Crippen molar-refractivity contribution < 1.29 is 19.1 Å². The number of hydrogen-bond donors (Lipinski definition) is 2. The number of nitrogens with one attached hydrogen (secondary N) is 2. The number of carbonyl (C=O) groups is 2. The molecule has 0 aromatic heterocycles. The van der Waals surface area contributed by atoms with Crippen molar-refractivity contribution in [2.45, 2.75) is 50.9 Å². The Morgan fingerprint density at radius 1 is 1.21 bits per heavy atom. The molecular weight excluding hydrogens is 308 g/mol. The van der Waals surface area contributed by atoms with Gasteiger partial charge in [-0.1, -0.05) is 25.1 Å². The summed E-state index contributed by atoms with van der Waals surface area (Å²) in [6.45, 7) is 2.74. The highest BCUT2D eigenvalue weighted by Gasteiger charge is 2.43. The molecule has 1 atom stereocenters. The van der Waals surface area contributed by atoms with Crippen LogP contribution >= 0.6 is 0 Å². The predicted octanol–water partition coefficient (Wildman–Crippen LogP) is 1.99. The smallest absolute Gasteiger partial charge is 0.313 e. The van der Waals surface area contributed by atoms with Crippen molar-refractivity contribution in [2.24, 2.45) is 0 Å². The van der Waals surface area contributed by atoms with E-state index in [0.29, 0.717) is 12.3 Å². The second kappa shape index (κ2) is 7.32. The molecule has 0 unspecified atom stereocenters. The van der Waals surface area contributed by atoms with E-state index in [1.54, 1.807) is 6.07 Å². The number of carbonyl (C=O) groups excluding carboxylic acids is 2. The predicted molar refractivity (Wildman–Crippen MR) is 89.5 cm³/mol. The van der Waals surface area contributed by atoms with Crippen LogP contribution in [0.2, 0.25) is 0 Å². The van der Waals surface area contributed by atoms with E-state index in [-0.39, 0.29) is 12.6 Å². The summed E-state index contributed by atoms with van der Waals surface area (Å²) in [5, 5.41) is 5.29. The number of para-hydroxylation sites is 1. The molecule has 1 heterocycles. The topological polar surface area (TPSA) is 76.7 Å². The number of rotatable bonds is 4. The van der Waals surface area contributed by atoms with Crippen molar-refractivity contribution in [3.8, 4) is 0 Å². The average molecular weight is 332 g/mol. The first kappa shape index (κ1) is 16.9. The van der Waals surface area contributed by atoms with Crippen LogP contribution in [0.25, 0.3) is 0 Å². The quantitative estimate of drug-likeness (QED) is 0.827. The summed E-state index contributed by atoms with van der Waals surface area (Å²) in [4.78, 5) is 24.0. The van der Waals surface area contributed by atoms with E-state index in [9.17, 15) is 9.59 Å². The lowest BCUT2D eigenvalue weighted by Crippen LogP contribution is -2.40. The van der Waals surface area contributed by atoms with E-state index in [2.05, 4.69) is 10.6 Å². The van der Waals surface area contributed by atoms with Gasteiger partial charge in [0.05, 0.1) is 6.61 Å². The molecule has 3 rings (SSSR count). The van der Waals surface area contributed by atoms with E-state index in [0.717, 1.165) is 37.7 Å². The standard InChI is InChI=1S/C18H24N2O4/c1-2-13-7-3-4-8-15(13)20-17(22)16(21)19-11-14-12-23-18(24-14)9-5-6-10-18/h3-4,7-8,14H,2,5-6,9-12H2,1H3,(H,19,21)(H,20,22)/t14-/m1/s1. The zero-order valence-corrected chi connectivity index (χ0v) is 14.0. The van der Waals surface area contributed by atoms with E-state index in [4.69, 9.17) is 9.47 Å². The van der Waals surface area contributed by atoms with Crippen LogP contribution in [-0.4, -0.2) is 36.9 Å². The fraction of sp³-hybridized carbons (Fsp3) is 0.556. The molecular formula is C18H24N2O4. The zero-order chi connectivity index (χ0) is 17.0. The van der Waals surface area contributed by atoms with Gasteiger partial charge in [-0.15, -0.1) is 0 Å². The summed E-state index contributed by atoms with van der Waals surface area (Å²) in [5.74, 6) is -1.76. The van der Waals surface area contributed by atoms with E-state index >= 15 is 0 Å². The molecule has 2 aliphatic rings. The van der Waals surface area contributed by atoms with Crippen molar-refractivity contribution >= 4 is 17.5 Å². The molecule has 0 bridgehead atoms. The van der Waals surface area contributed by atoms with Crippen molar-refractivity contribution in [1.82, 2.24) is 5.32 Å². The van der Waals surface area contributed by atoms with Gasteiger partial charge in [-0.05, 0) is 30.9 Å². The first-order chi connectivity index (χ1) is 11.6. The fourth-order valence-electron chi connectivity index (χ4n) is 3.31. The highest BCUT2D eigenvalue weighted by Crippen LogP contribution is 2.38. The van der Waals surface area contributed by atoms with Gasteiger partial charge in [-0.3, -0.25) is 9.59 Å². The molecule has 1 aromatic rings. The molecule has 6 nitrogen and oxygen atoms in total. The van der Waals surface area contributed by atoms with Gasteiger partial charge in [0.1, 0.15) is 6.10 Å². The van der Waals surface area contributed by atoms with E-state index in [1.807, 2.05) is 25.1 Å². The number of aryl methyl sites for hydroxylation is 1. The molecule has 1 spiro atoms. The summed E-state index contributed by atoms with van der Waals surface area (Å²) >= 11 is 0. The van der Waals surface area contributed by atoms with Crippen molar-refractivity contribution in [2.75, 3.05) is 18.5 Å². The molecule has 24 heavy (non-hydrogen) atoms. The van der Waals surface area contributed by atoms with Crippen molar-refractivity contribution in [3.63, 3.8) is 0 Å². The Labute approximate surface area is 141 Å². The summed E-state index contributed by atoms with van der Waals surface area (Å²) in [6.07, 6.45) is 4.63. The molecule has 1 aliphatic carbocycles. The molecule has 0 radical (unpaired) electrons. The Balaban J connectivity index is 1.47. The maximum atomic E-state index is 12.0. The number of benzene rings is 1. The maximum absolute atomic E-state index is 12.0. The first-order valence-electron chi connectivity index (χ1n) is 8.61. The lowest BCUT2D eigenvalue weighted by Gasteiger charge is -2.21. The number of hydrogen-bond acceptors (Lipinski definition) is 4. The van der Waals surface area contributed by atoms with Crippen LogP contribution in [0.5, 0.6) is 0 Å². The van der Waals surface area contributed by atoms with Gasteiger partial charge >= 0.3 is 11.8 Å². The number of ether oxygens (including phenoxy) is 2. The van der Waals surface area contributed by atoms with E-state index in [1.165, 1.54) is 0 Å². The minimum atomic E-state index is -0.662. The maximum Gasteiger partial charge on any atom is 0.313 e. The van der Waals surface area contributed by atoms with Crippen molar-refractivity contribution in [1.29, 1.82) is 0 Å². The molecule has 1 aliphatic heterocycles. The van der Waals surface area contributed by atoms with Gasteiger partial charge in [0, 0.05) is 25.1 Å². The van der Waals surface area contributed by atoms with Crippen LogP contribution in [0.4, 0.5) is 5.69 Å². The lowest BCUT2D eigenvalue weighted by atomic mass is 10.1.